The molecule has 0 bridgehead atoms. The van der Waals surface area contributed by atoms with Crippen LogP contribution in [0.25, 0.3) is 0 Å². The molecule has 0 radical (unpaired) electrons. The Hall–Kier alpha value is -2.11. The van der Waals surface area contributed by atoms with Crippen LogP contribution in [0.4, 0.5) is 11.4 Å². The molecule has 134 valence electrons. The molecule has 7 heteroatoms. The fourth-order valence-corrected chi connectivity index (χ4v) is 2.65. The third-order valence-electron chi connectivity index (χ3n) is 3.62. The van der Waals surface area contributed by atoms with Crippen molar-refractivity contribution in [3.05, 3.63) is 45.9 Å². The van der Waals surface area contributed by atoms with Gasteiger partial charge in [0, 0.05) is 35.8 Å². The Balaban J connectivity index is 1.96. The van der Waals surface area contributed by atoms with Gasteiger partial charge in [-0.25, -0.2) is 0 Å². The quantitative estimate of drug-likeness (QED) is 0.724. The molecule has 0 aliphatic rings. The number of hydrogen-bond acceptors (Lipinski definition) is 4. The Morgan fingerprint density at radius 1 is 1.04 bits per heavy atom. The fraction of sp³-hybridized carbons (Fsp3) is 0.278. The van der Waals surface area contributed by atoms with Crippen LogP contribution in [0.15, 0.2) is 30.3 Å². The molecule has 0 saturated carbocycles. The summed E-state index contributed by atoms with van der Waals surface area (Å²) < 4.78 is 10.5. The summed E-state index contributed by atoms with van der Waals surface area (Å²) in [6, 6.07) is 8.78. The van der Waals surface area contributed by atoms with E-state index in [1.165, 1.54) is 7.11 Å². The van der Waals surface area contributed by atoms with Gasteiger partial charge in [-0.15, -0.1) is 0 Å². The zero-order chi connectivity index (χ0) is 18.4. The Morgan fingerprint density at radius 3 is 2.44 bits per heavy atom. The van der Waals surface area contributed by atoms with Crippen LogP contribution in [0.3, 0.4) is 0 Å². The average molecular weight is 383 g/mol. The molecule has 5 nitrogen and oxygen atoms in total. The zero-order valence-electron chi connectivity index (χ0n) is 14.3. The van der Waals surface area contributed by atoms with Gasteiger partial charge in [-0.05, 0) is 24.6 Å². The highest BCUT2D eigenvalue weighted by atomic mass is 35.5. The third kappa shape index (κ3) is 5.18. The summed E-state index contributed by atoms with van der Waals surface area (Å²) in [5.41, 5.74) is 2.37. The Bertz CT molecular complexity index is 766. The first-order valence-electron chi connectivity index (χ1n) is 7.66. The molecule has 0 aliphatic carbocycles. The van der Waals surface area contributed by atoms with E-state index in [9.17, 15) is 4.79 Å². The highest BCUT2D eigenvalue weighted by molar-refractivity contribution is 6.32. The zero-order valence-corrected chi connectivity index (χ0v) is 15.8. The number of rotatable bonds is 7. The van der Waals surface area contributed by atoms with Crippen LogP contribution in [0.1, 0.15) is 12.0 Å². The molecule has 0 spiro atoms. The van der Waals surface area contributed by atoms with Gasteiger partial charge in [-0.3, -0.25) is 4.79 Å². The van der Waals surface area contributed by atoms with Gasteiger partial charge in [-0.1, -0.05) is 29.3 Å². The van der Waals surface area contributed by atoms with Crippen molar-refractivity contribution in [3.8, 4) is 11.5 Å². The van der Waals surface area contributed by atoms with Crippen molar-refractivity contribution < 1.29 is 14.3 Å². The average Bonchev–Trinajstić information content (AvgIpc) is 2.59. The van der Waals surface area contributed by atoms with Crippen LogP contribution >= 0.6 is 23.2 Å². The number of amides is 1. The Labute approximate surface area is 157 Å². The maximum absolute atomic E-state index is 12.1. The number of nitrogens with one attached hydrogen (secondary N) is 2. The first kappa shape index (κ1) is 19.2. The molecule has 2 aromatic rings. The summed E-state index contributed by atoms with van der Waals surface area (Å²) in [5, 5.41) is 7.05. The topological polar surface area (TPSA) is 59.6 Å². The van der Waals surface area contributed by atoms with Crippen LogP contribution in [0.5, 0.6) is 11.5 Å². The Kier molecular flexibility index (Phi) is 6.79. The lowest BCUT2D eigenvalue weighted by Gasteiger charge is -2.14. The van der Waals surface area contributed by atoms with Crippen LogP contribution in [-0.4, -0.2) is 26.7 Å². The molecular formula is C18H20Cl2N2O3. The number of anilines is 2. The van der Waals surface area contributed by atoms with E-state index in [4.69, 9.17) is 32.7 Å². The number of benzene rings is 2. The van der Waals surface area contributed by atoms with E-state index in [2.05, 4.69) is 10.6 Å². The molecule has 2 N–H and O–H groups in total. The van der Waals surface area contributed by atoms with Crippen LogP contribution in [0.2, 0.25) is 10.0 Å². The molecule has 0 aliphatic heterocycles. The lowest BCUT2D eigenvalue weighted by Crippen LogP contribution is -2.17. The largest absolute Gasteiger partial charge is 0.495 e. The second-order valence-electron chi connectivity index (χ2n) is 5.37. The predicted molar refractivity (Wildman–Crippen MR) is 102 cm³/mol. The van der Waals surface area contributed by atoms with Gasteiger partial charge in [0.05, 0.1) is 24.9 Å². The van der Waals surface area contributed by atoms with Gasteiger partial charge in [0.1, 0.15) is 11.5 Å². The lowest BCUT2D eigenvalue weighted by atomic mass is 10.2. The van der Waals surface area contributed by atoms with E-state index in [0.717, 1.165) is 5.56 Å². The number of carbonyl (C=O) groups excluding carboxylic acids is 1. The Morgan fingerprint density at radius 2 is 1.76 bits per heavy atom. The van der Waals surface area contributed by atoms with Crippen molar-refractivity contribution in [2.75, 3.05) is 31.4 Å². The first-order chi connectivity index (χ1) is 11.9. The van der Waals surface area contributed by atoms with Gasteiger partial charge >= 0.3 is 0 Å². The summed E-state index contributed by atoms with van der Waals surface area (Å²) in [5.74, 6) is 0.999. The molecule has 2 aromatic carbocycles. The van der Waals surface area contributed by atoms with E-state index in [-0.39, 0.29) is 12.3 Å². The van der Waals surface area contributed by atoms with E-state index in [1.807, 2.05) is 13.0 Å². The number of hydrogen-bond donors (Lipinski definition) is 2. The lowest BCUT2D eigenvalue weighted by molar-refractivity contribution is -0.115. The highest BCUT2D eigenvalue weighted by Gasteiger charge is 2.11. The summed E-state index contributed by atoms with van der Waals surface area (Å²) in [4.78, 5) is 12.1. The van der Waals surface area contributed by atoms with Gasteiger partial charge in [-0.2, -0.15) is 0 Å². The van der Waals surface area contributed by atoms with Crippen LogP contribution in [0, 0.1) is 6.92 Å². The molecule has 0 heterocycles. The molecule has 1 amide bonds. The number of carbonyl (C=O) groups is 1. The van der Waals surface area contributed by atoms with Gasteiger partial charge in [0.2, 0.25) is 5.91 Å². The SMILES string of the molecule is COc1cc(NCCC(=O)Nc2cc(Cl)ccc2C)c(OC)cc1Cl. The molecule has 0 unspecified atom stereocenters. The van der Waals surface area contributed by atoms with E-state index in [0.29, 0.717) is 39.5 Å². The van der Waals surface area contributed by atoms with E-state index in [1.54, 1.807) is 31.4 Å². The van der Waals surface area contributed by atoms with Crippen molar-refractivity contribution in [2.24, 2.45) is 0 Å². The summed E-state index contributed by atoms with van der Waals surface area (Å²) >= 11 is 12.0. The van der Waals surface area contributed by atoms with E-state index < -0.39 is 0 Å². The van der Waals surface area contributed by atoms with Crippen molar-refractivity contribution in [2.45, 2.75) is 13.3 Å². The highest BCUT2D eigenvalue weighted by Crippen LogP contribution is 2.35. The number of methoxy groups -OCH3 is 2. The molecule has 0 atom stereocenters. The maximum atomic E-state index is 12.1. The standard InChI is InChI=1S/C18H20Cl2N2O3/c1-11-4-5-12(19)8-14(11)22-18(23)6-7-21-15-10-16(24-2)13(20)9-17(15)25-3/h4-5,8-10,21H,6-7H2,1-3H3,(H,22,23). The molecule has 25 heavy (non-hydrogen) atoms. The monoisotopic (exact) mass is 382 g/mol. The maximum Gasteiger partial charge on any atom is 0.226 e. The second kappa shape index (κ2) is 8.83. The van der Waals surface area contributed by atoms with Crippen molar-refractivity contribution >= 4 is 40.5 Å². The molecule has 0 fully saturated rings. The minimum atomic E-state index is -0.113. The number of halogens is 2. The van der Waals surface area contributed by atoms with Gasteiger partial charge in [0.15, 0.2) is 0 Å². The minimum absolute atomic E-state index is 0.113. The summed E-state index contributed by atoms with van der Waals surface area (Å²) in [7, 11) is 3.09. The normalized spacial score (nSPS) is 10.3. The van der Waals surface area contributed by atoms with Crippen LogP contribution < -0.4 is 20.1 Å². The fourth-order valence-electron chi connectivity index (χ4n) is 2.25. The van der Waals surface area contributed by atoms with E-state index >= 15 is 0 Å². The first-order valence-corrected chi connectivity index (χ1v) is 8.41. The van der Waals surface area contributed by atoms with Crippen molar-refractivity contribution in [1.29, 1.82) is 0 Å². The molecule has 0 saturated heterocycles. The smallest absolute Gasteiger partial charge is 0.226 e. The number of ether oxygens (including phenoxy) is 2. The third-order valence-corrected chi connectivity index (χ3v) is 4.15. The number of aryl methyl sites for hydroxylation is 1. The molecule has 2 rings (SSSR count). The van der Waals surface area contributed by atoms with Crippen molar-refractivity contribution in [3.63, 3.8) is 0 Å². The molecule has 0 aromatic heterocycles. The predicted octanol–water partition coefficient (Wildman–Crippen LogP) is 4.76. The minimum Gasteiger partial charge on any atom is -0.495 e. The van der Waals surface area contributed by atoms with Crippen molar-refractivity contribution in [1.82, 2.24) is 0 Å². The molecular weight excluding hydrogens is 363 g/mol. The summed E-state index contributed by atoms with van der Waals surface area (Å²) in [6.07, 6.45) is 0.278. The van der Waals surface area contributed by atoms with Gasteiger partial charge in [0.25, 0.3) is 0 Å². The summed E-state index contributed by atoms with van der Waals surface area (Å²) in [6.45, 7) is 2.33. The van der Waals surface area contributed by atoms with Gasteiger partial charge < -0.3 is 20.1 Å². The second-order valence-corrected chi connectivity index (χ2v) is 6.21. The van der Waals surface area contributed by atoms with Crippen LogP contribution in [-0.2, 0) is 4.79 Å².